The molecule has 1 fully saturated rings. The first-order valence-electron chi connectivity index (χ1n) is 7.71. The molecule has 7 heteroatoms. The van der Waals surface area contributed by atoms with E-state index in [2.05, 4.69) is 15.8 Å². The number of piperidine rings is 1. The zero-order valence-corrected chi connectivity index (χ0v) is 13.1. The Morgan fingerprint density at radius 1 is 1.43 bits per heavy atom. The van der Waals surface area contributed by atoms with Crippen LogP contribution in [-0.2, 0) is 4.74 Å². The van der Waals surface area contributed by atoms with E-state index in [-0.39, 0.29) is 17.0 Å². The normalized spacial score (nSPS) is 17.1. The lowest BCUT2D eigenvalue weighted by Gasteiger charge is -2.37. The molecular formula is C16H21N3O4. The highest BCUT2D eigenvalue weighted by atomic mass is 16.5. The van der Waals surface area contributed by atoms with Crippen LogP contribution in [0.5, 0.6) is 0 Å². The summed E-state index contributed by atoms with van der Waals surface area (Å²) in [4.78, 5) is 12.3. The zero-order chi connectivity index (χ0) is 16.1. The lowest BCUT2D eigenvalue weighted by Crippen LogP contribution is -2.47. The van der Waals surface area contributed by atoms with Gasteiger partial charge in [0.05, 0.1) is 12.9 Å². The van der Waals surface area contributed by atoms with Gasteiger partial charge in [-0.2, -0.15) is 0 Å². The van der Waals surface area contributed by atoms with Crippen molar-refractivity contribution in [3.05, 3.63) is 30.2 Å². The smallest absolute Gasteiger partial charge is 0.273 e. The Balaban J connectivity index is 1.62. The predicted molar refractivity (Wildman–Crippen MR) is 83.0 cm³/mol. The van der Waals surface area contributed by atoms with Crippen molar-refractivity contribution in [2.45, 2.75) is 12.8 Å². The molecule has 1 aliphatic rings. The molecule has 0 aliphatic carbocycles. The number of nitrogens with zero attached hydrogens (tertiary/aromatic N) is 1. The summed E-state index contributed by atoms with van der Waals surface area (Å²) in [5.41, 5.74) is 0.223. The van der Waals surface area contributed by atoms with E-state index in [1.54, 1.807) is 31.6 Å². The van der Waals surface area contributed by atoms with Crippen molar-refractivity contribution in [1.29, 1.82) is 0 Å². The summed E-state index contributed by atoms with van der Waals surface area (Å²) in [7, 11) is 1.69. The second-order valence-electron chi connectivity index (χ2n) is 5.92. The number of furan rings is 1. The molecule has 0 saturated carbocycles. The Bertz CT molecular complexity index is 624. The van der Waals surface area contributed by atoms with Crippen molar-refractivity contribution >= 4 is 5.91 Å². The number of rotatable bonds is 6. The first kappa shape index (κ1) is 15.8. The molecule has 1 saturated heterocycles. The standard InChI is InChI=1S/C16H21N3O4/c1-21-11-16(4-6-17-7-5-16)10-18-15(20)12-9-14(23-19-12)13-3-2-8-22-13/h2-3,8-9,17H,4-7,10-11H2,1H3,(H,18,20). The van der Waals surface area contributed by atoms with E-state index in [9.17, 15) is 4.79 Å². The Morgan fingerprint density at radius 3 is 2.96 bits per heavy atom. The molecule has 2 aromatic heterocycles. The van der Waals surface area contributed by atoms with Crippen molar-refractivity contribution in [2.75, 3.05) is 33.4 Å². The Kier molecular flexibility index (Phi) is 4.78. The van der Waals surface area contributed by atoms with Gasteiger partial charge in [0.25, 0.3) is 5.91 Å². The molecule has 0 bridgehead atoms. The number of hydrogen-bond donors (Lipinski definition) is 2. The topological polar surface area (TPSA) is 89.5 Å². The summed E-state index contributed by atoms with van der Waals surface area (Å²) >= 11 is 0. The van der Waals surface area contributed by atoms with E-state index in [1.807, 2.05) is 0 Å². The van der Waals surface area contributed by atoms with E-state index < -0.39 is 0 Å². The van der Waals surface area contributed by atoms with E-state index in [4.69, 9.17) is 13.7 Å². The van der Waals surface area contributed by atoms with Crippen LogP contribution in [0.1, 0.15) is 23.3 Å². The average Bonchev–Trinajstić information content (AvgIpc) is 3.25. The minimum absolute atomic E-state index is 0.0246. The number of carbonyl (C=O) groups excluding carboxylic acids is 1. The molecule has 7 nitrogen and oxygen atoms in total. The number of hydrogen-bond acceptors (Lipinski definition) is 6. The first-order valence-corrected chi connectivity index (χ1v) is 7.71. The first-order chi connectivity index (χ1) is 11.2. The number of methoxy groups -OCH3 is 1. The largest absolute Gasteiger partial charge is 0.461 e. The molecule has 3 rings (SSSR count). The molecule has 1 aliphatic heterocycles. The van der Waals surface area contributed by atoms with Crippen LogP contribution < -0.4 is 10.6 Å². The predicted octanol–water partition coefficient (Wildman–Crippen LogP) is 1.68. The Labute approximate surface area is 134 Å². The number of ether oxygens (including phenoxy) is 1. The molecule has 0 aromatic carbocycles. The third-order valence-corrected chi connectivity index (χ3v) is 4.25. The second kappa shape index (κ2) is 6.97. The molecule has 124 valence electrons. The number of carbonyl (C=O) groups is 1. The maximum Gasteiger partial charge on any atom is 0.273 e. The van der Waals surface area contributed by atoms with E-state index >= 15 is 0 Å². The van der Waals surface area contributed by atoms with E-state index in [1.165, 1.54) is 0 Å². The number of nitrogens with one attached hydrogen (secondary N) is 2. The van der Waals surface area contributed by atoms with Crippen LogP contribution in [0.15, 0.2) is 33.4 Å². The molecule has 23 heavy (non-hydrogen) atoms. The minimum atomic E-state index is -0.249. The van der Waals surface area contributed by atoms with Crippen LogP contribution in [-0.4, -0.2) is 44.4 Å². The molecule has 0 spiro atoms. The molecule has 2 aromatic rings. The van der Waals surface area contributed by atoms with Crippen molar-refractivity contribution < 1.29 is 18.5 Å². The summed E-state index contributed by atoms with van der Waals surface area (Å²) in [6, 6.07) is 5.09. The van der Waals surface area contributed by atoms with Gasteiger partial charge in [-0.15, -0.1) is 0 Å². The van der Waals surface area contributed by atoms with Crippen LogP contribution in [0.2, 0.25) is 0 Å². The summed E-state index contributed by atoms with van der Waals surface area (Å²) in [5, 5.41) is 10.1. The Morgan fingerprint density at radius 2 is 2.26 bits per heavy atom. The van der Waals surface area contributed by atoms with Gasteiger partial charge in [-0.1, -0.05) is 5.16 Å². The van der Waals surface area contributed by atoms with Crippen molar-refractivity contribution in [3.8, 4) is 11.5 Å². The molecule has 3 heterocycles. The zero-order valence-electron chi connectivity index (χ0n) is 13.1. The summed E-state index contributed by atoms with van der Waals surface area (Å²) in [6.45, 7) is 3.06. The lowest BCUT2D eigenvalue weighted by atomic mass is 9.79. The van der Waals surface area contributed by atoms with Gasteiger partial charge in [0.2, 0.25) is 5.76 Å². The van der Waals surface area contributed by atoms with Gasteiger partial charge < -0.3 is 24.3 Å². The molecule has 0 atom stereocenters. The van der Waals surface area contributed by atoms with E-state index in [0.717, 1.165) is 25.9 Å². The quantitative estimate of drug-likeness (QED) is 0.842. The monoisotopic (exact) mass is 319 g/mol. The SMILES string of the molecule is COCC1(CNC(=O)c2cc(-c3ccco3)on2)CCNCC1. The van der Waals surface area contributed by atoms with Crippen LogP contribution in [0.25, 0.3) is 11.5 Å². The van der Waals surface area contributed by atoms with Gasteiger partial charge in [-0.3, -0.25) is 4.79 Å². The molecular weight excluding hydrogens is 298 g/mol. The highest BCUT2D eigenvalue weighted by Gasteiger charge is 2.32. The minimum Gasteiger partial charge on any atom is -0.461 e. The van der Waals surface area contributed by atoms with Gasteiger partial charge >= 0.3 is 0 Å². The van der Waals surface area contributed by atoms with Gasteiger partial charge in [0, 0.05) is 25.1 Å². The number of amides is 1. The molecule has 2 N–H and O–H groups in total. The average molecular weight is 319 g/mol. The van der Waals surface area contributed by atoms with Crippen LogP contribution in [0, 0.1) is 5.41 Å². The van der Waals surface area contributed by atoms with Crippen LogP contribution in [0.4, 0.5) is 0 Å². The van der Waals surface area contributed by atoms with E-state index in [0.29, 0.717) is 24.7 Å². The maximum atomic E-state index is 12.3. The van der Waals surface area contributed by atoms with Crippen molar-refractivity contribution in [2.24, 2.45) is 5.41 Å². The van der Waals surface area contributed by atoms with Crippen LogP contribution in [0.3, 0.4) is 0 Å². The van der Waals surface area contributed by atoms with Gasteiger partial charge in [-0.25, -0.2) is 0 Å². The third-order valence-electron chi connectivity index (χ3n) is 4.25. The molecule has 0 unspecified atom stereocenters. The number of aromatic nitrogens is 1. The third kappa shape index (κ3) is 3.62. The highest BCUT2D eigenvalue weighted by molar-refractivity contribution is 5.92. The summed E-state index contributed by atoms with van der Waals surface area (Å²) < 4.78 is 15.7. The second-order valence-corrected chi connectivity index (χ2v) is 5.92. The van der Waals surface area contributed by atoms with Gasteiger partial charge in [0.1, 0.15) is 0 Å². The Hall–Kier alpha value is -2.12. The van der Waals surface area contributed by atoms with Crippen molar-refractivity contribution in [1.82, 2.24) is 15.8 Å². The fraction of sp³-hybridized carbons (Fsp3) is 0.500. The van der Waals surface area contributed by atoms with Gasteiger partial charge in [0.15, 0.2) is 11.5 Å². The highest BCUT2D eigenvalue weighted by Crippen LogP contribution is 2.28. The maximum absolute atomic E-state index is 12.3. The van der Waals surface area contributed by atoms with Crippen molar-refractivity contribution in [3.63, 3.8) is 0 Å². The fourth-order valence-corrected chi connectivity index (χ4v) is 2.91. The van der Waals surface area contributed by atoms with Gasteiger partial charge in [-0.05, 0) is 38.1 Å². The molecule has 1 amide bonds. The summed E-state index contributed by atoms with van der Waals surface area (Å²) in [6.07, 6.45) is 3.48. The molecule has 0 radical (unpaired) electrons. The van der Waals surface area contributed by atoms with Crippen LogP contribution >= 0.6 is 0 Å². The fourth-order valence-electron chi connectivity index (χ4n) is 2.91. The lowest BCUT2D eigenvalue weighted by molar-refractivity contribution is 0.0510. The summed E-state index contributed by atoms with van der Waals surface area (Å²) in [5.74, 6) is 0.736.